The van der Waals surface area contributed by atoms with E-state index in [2.05, 4.69) is 46.9 Å². The van der Waals surface area contributed by atoms with Gasteiger partial charge < -0.3 is 0 Å². The molecule has 0 saturated heterocycles. The molecule has 0 saturated carbocycles. The van der Waals surface area contributed by atoms with Gasteiger partial charge in [0, 0.05) is 0 Å². The molecule has 76 valence electrons. The first-order valence-electron chi connectivity index (χ1n) is 5.48. The fourth-order valence-electron chi connectivity index (χ4n) is 2.61. The molecule has 0 unspecified atom stereocenters. The predicted molar refractivity (Wildman–Crippen MR) is 74.4 cm³/mol. The third kappa shape index (κ3) is 1.38. The third-order valence-corrected chi connectivity index (χ3v) is 10.4. The van der Waals surface area contributed by atoms with Crippen LogP contribution in [0.25, 0.3) is 27.3 Å². The average molecular weight is 604 g/mol. The molecular weight excluding hydrogens is 597 g/mol. The van der Waals surface area contributed by atoms with Gasteiger partial charge in [-0.05, 0) is 0 Å². The summed E-state index contributed by atoms with van der Waals surface area (Å²) in [7, 11) is 0. The quantitative estimate of drug-likeness (QED) is 0.267. The van der Waals surface area contributed by atoms with E-state index in [1.165, 1.54) is 27.3 Å². The molecule has 3 heteroatoms. The summed E-state index contributed by atoms with van der Waals surface area (Å²) in [5.74, 6) is 0. The predicted octanol–water partition coefficient (Wildman–Crippen LogP) is 1.27. The van der Waals surface area contributed by atoms with Crippen LogP contribution in [0, 0.1) is 0 Å². The number of fused-ring (bicyclic) bond motifs is 3. The standard InChI is InChI=1S/C14H7N.2Pb/c1-2-6-12-11(5-1)13-7-3-4-10-8-9-14(12)15(10)13;;/h3-9H;;. The van der Waals surface area contributed by atoms with Crippen molar-refractivity contribution in [2.24, 2.45) is 0 Å². The zero-order valence-electron chi connectivity index (χ0n) is 8.99. The zero-order chi connectivity index (χ0) is 11.6. The molecule has 0 fully saturated rings. The first-order chi connectivity index (χ1) is 8.25. The van der Waals surface area contributed by atoms with E-state index in [1.54, 1.807) is 6.25 Å². The summed E-state index contributed by atoms with van der Waals surface area (Å²) in [6.45, 7) is 0. The second-order valence-corrected chi connectivity index (χ2v) is 8.52. The van der Waals surface area contributed by atoms with E-state index < -0.39 is 0 Å². The molecule has 6 radical (unpaired) electrons. The molecule has 0 aliphatic carbocycles. The molecule has 0 aliphatic heterocycles. The molecule has 3 heterocycles. The normalized spacial score (nSPS) is 12.1. The van der Waals surface area contributed by atoms with Crippen molar-refractivity contribution in [3.05, 3.63) is 42.5 Å². The average Bonchev–Trinajstić information content (AvgIpc) is 2.87. The van der Waals surface area contributed by atoms with Gasteiger partial charge in [-0.2, -0.15) is 0 Å². The molecule has 0 amide bonds. The summed E-state index contributed by atoms with van der Waals surface area (Å²) in [4.78, 5) is 0. The van der Waals surface area contributed by atoms with Gasteiger partial charge in [0.2, 0.25) is 0 Å². The van der Waals surface area contributed by atoms with Gasteiger partial charge in [-0.1, -0.05) is 0 Å². The van der Waals surface area contributed by atoms with Gasteiger partial charge >= 0.3 is 132 Å². The Morgan fingerprint density at radius 2 is 1.41 bits per heavy atom. The van der Waals surface area contributed by atoms with Crippen LogP contribution < -0.4 is 6.25 Å². The van der Waals surface area contributed by atoms with Crippen molar-refractivity contribution in [1.29, 1.82) is 0 Å². The van der Waals surface area contributed by atoms with Gasteiger partial charge in [0.1, 0.15) is 0 Å². The molecule has 17 heavy (non-hydrogen) atoms. The molecule has 4 rings (SSSR count). The SMILES string of the molecule is [Pb][c]1cc2c(c[c]1[Pb])c1ccc3cccc2n31. The second kappa shape index (κ2) is 3.66. The van der Waals surface area contributed by atoms with Crippen molar-refractivity contribution in [3.63, 3.8) is 0 Å². The van der Waals surface area contributed by atoms with Crippen molar-refractivity contribution in [2.45, 2.75) is 0 Å². The van der Waals surface area contributed by atoms with Crippen molar-refractivity contribution in [3.8, 4) is 0 Å². The van der Waals surface area contributed by atoms with Gasteiger partial charge in [0.25, 0.3) is 0 Å². The first-order valence-corrected chi connectivity index (χ1v) is 9.37. The Morgan fingerprint density at radius 3 is 2.12 bits per heavy atom. The summed E-state index contributed by atoms with van der Waals surface area (Å²) in [5.41, 5.74) is 4.03. The minimum atomic E-state index is 1.15. The van der Waals surface area contributed by atoms with E-state index >= 15 is 0 Å². The molecule has 0 spiro atoms. The van der Waals surface area contributed by atoms with Crippen LogP contribution in [-0.2, 0) is 0 Å². The Bertz CT molecular complexity index is 840. The van der Waals surface area contributed by atoms with E-state index in [4.69, 9.17) is 0 Å². The fourth-order valence-corrected chi connectivity index (χ4v) is 4.29. The van der Waals surface area contributed by atoms with Crippen molar-refractivity contribution in [2.75, 3.05) is 0 Å². The van der Waals surface area contributed by atoms with Crippen molar-refractivity contribution >= 4 is 85.1 Å². The van der Waals surface area contributed by atoms with Crippen molar-refractivity contribution < 1.29 is 0 Å². The Labute approximate surface area is 131 Å². The molecule has 1 aromatic carbocycles. The number of hydrogen-bond acceptors (Lipinski definition) is 0. The number of aromatic nitrogens is 1. The number of nitrogens with zero attached hydrogens (tertiary/aromatic N) is 1. The Hall–Kier alpha value is -0.176. The second-order valence-electron chi connectivity index (χ2n) is 4.33. The van der Waals surface area contributed by atoms with E-state index in [0.717, 1.165) is 51.5 Å². The fraction of sp³-hybridized carbons (Fsp3) is 0. The summed E-state index contributed by atoms with van der Waals surface area (Å²) in [6, 6.07) is 15.8. The van der Waals surface area contributed by atoms with E-state index in [0.29, 0.717) is 0 Å². The van der Waals surface area contributed by atoms with Crippen LogP contribution in [0.5, 0.6) is 0 Å². The van der Waals surface area contributed by atoms with Crippen LogP contribution in [0.2, 0.25) is 0 Å². The van der Waals surface area contributed by atoms with Crippen LogP contribution in [0.15, 0.2) is 42.5 Å². The van der Waals surface area contributed by atoms with Crippen LogP contribution in [0.3, 0.4) is 0 Å². The van der Waals surface area contributed by atoms with Crippen LogP contribution in [0.1, 0.15) is 0 Å². The van der Waals surface area contributed by atoms with Crippen LogP contribution in [-0.4, -0.2) is 55.9 Å². The molecule has 0 N–H and O–H groups in total. The Kier molecular flexibility index (Phi) is 2.31. The number of hydrogen-bond donors (Lipinski definition) is 0. The van der Waals surface area contributed by atoms with Crippen LogP contribution >= 0.6 is 0 Å². The molecular formula is C14H7NPb2. The molecule has 0 atom stereocenters. The summed E-state index contributed by atoms with van der Waals surface area (Å²) in [6.07, 6.45) is 0. The van der Waals surface area contributed by atoms with Gasteiger partial charge in [0.15, 0.2) is 0 Å². The summed E-state index contributed by atoms with van der Waals surface area (Å²) < 4.78 is 5.52. The molecule has 0 aliphatic rings. The van der Waals surface area contributed by atoms with Crippen LogP contribution in [0.4, 0.5) is 0 Å². The Morgan fingerprint density at radius 1 is 0.765 bits per heavy atom. The Balaban J connectivity index is 2.42. The van der Waals surface area contributed by atoms with Gasteiger partial charge in [-0.3, -0.25) is 0 Å². The molecule has 4 aromatic rings. The van der Waals surface area contributed by atoms with Gasteiger partial charge in [-0.15, -0.1) is 0 Å². The summed E-state index contributed by atoms with van der Waals surface area (Å²) >= 11 is 2.31. The number of pyridine rings is 1. The van der Waals surface area contributed by atoms with Crippen molar-refractivity contribution in [1.82, 2.24) is 4.40 Å². The topological polar surface area (TPSA) is 4.41 Å². The van der Waals surface area contributed by atoms with E-state index in [1.807, 2.05) is 0 Å². The maximum absolute atomic E-state index is 2.41. The number of benzene rings is 1. The van der Waals surface area contributed by atoms with Gasteiger partial charge in [0.05, 0.1) is 0 Å². The minimum absolute atomic E-state index is 1.15. The molecule has 3 aromatic heterocycles. The first kappa shape index (κ1) is 10.7. The summed E-state index contributed by atoms with van der Waals surface area (Å²) in [5, 5.41) is 2.85. The number of rotatable bonds is 0. The third-order valence-electron chi connectivity index (χ3n) is 3.38. The molecule has 1 nitrogen and oxygen atoms in total. The van der Waals surface area contributed by atoms with E-state index in [9.17, 15) is 0 Å². The van der Waals surface area contributed by atoms with E-state index in [-0.39, 0.29) is 0 Å². The zero-order valence-corrected chi connectivity index (χ0v) is 16.8. The monoisotopic (exact) mass is 605 g/mol. The maximum atomic E-state index is 2.41. The molecule has 0 bridgehead atoms. The van der Waals surface area contributed by atoms with Gasteiger partial charge in [-0.25, -0.2) is 0 Å².